The van der Waals surface area contributed by atoms with E-state index in [2.05, 4.69) is 11.4 Å². The molecule has 1 saturated heterocycles. The van der Waals surface area contributed by atoms with Crippen molar-refractivity contribution in [1.82, 2.24) is 4.90 Å². The van der Waals surface area contributed by atoms with Gasteiger partial charge < -0.3 is 15.0 Å². The second-order valence-corrected chi connectivity index (χ2v) is 5.69. The molecule has 1 atom stereocenters. The summed E-state index contributed by atoms with van der Waals surface area (Å²) in [6.45, 7) is 2.46. The van der Waals surface area contributed by atoms with Crippen molar-refractivity contribution in [3.05, 3.63) is 29.3 Å². The predicted molar refractivity (Wildman–Crippen MR) is 79.2 cm³/mol. The SMILES string of the molecule is CN(CC1CCCO1)C(=O)c1cccc2c1NCCC2. The highest BCUT2D eigenvalue weighted by Crippen LogP contribution is 2.27. The van der Waals surface area contributed by atoms with Crippen LogP contribution in [0.15, 0.2) is 18.2 Å². The van der Waals surface area contributed by atoms with Gasteiger partial charge in [0, 0.05) is 26.7 Å². The maximum atomic E-state index is 12.6. The van der Waals surface area contributed by atoms with E-state index >= 15 is 0 Å². The first-order valence-corrected chi connectivity index (χ1v) is 7.48. The van der Waals surface area contributed by atoms with Gasteiger partial charge in [0.1, 0.15) is 0 Å². The lowest BCUT2D eigenvalue weighted by Gasteiger charge is -2.25. The average Bonchev–Trinajstić information content (AvgIpc) is 2.99. The summed E-state index contributed by atoms with van der Waals surface area (Å²) < 4.78 is 5.61. The number of benzene rings is 1. The summed E-state index contributed by atoms with van der Waals surface area (Å²) in [4.78, 5) is 14.4. The van der Waals surface area contributed by atoms with Crippen molar-refractivity contribution in [3.8, 4) is 0 Å². The number of nitrogens with zero attached hydrogens (tertiary/aromatic N) is 1. The zero-order chi connectivity index (χ0) is 13.9. The van der Waals surface area contributed by atoms with Crippen LogP contribution in [0.5, 0.6) is 0 Å². The van der Waals surface area contributed by atoms with Gasteiger partial charge in [0.15, 0.2) is 0 Å². The minimum atomic E-state index is 0.0896. The van der Waals surface area contributed by atoms with Crippen LogP contribution in [0.4, 0.5) is 5.69 Å². The van der Waals surface area contributed by atoms with Crippen molar-refractivity contribution < 1.29 is 9.53 Å². The van der Waals surface area contributed by atoms with Crippen LogP contribution in [0, 0.1) is 0 Å². The molecule has 0 saturated carbocycles. The van der Waals surface area contributed by atoms with Gasteiger partial charge in [-0.15, -0.1) is 0 Å². The maximum Gasteiger partial charge on any atom is 0.255 e. The normalized spacial score (nSPS) is 21.1. The number of para-hydroxylation sites is 1. The molecule has 20 heavy (non-hydrogen) atoms. The van der Waals surface area contributed by atoms with E-state index in [0.717, 1.165) is 50.1 Å². The number of aryl methyl sites for hydroxylation is 1. The largest absolute Gasteiger partial charge is 0.384 e. The number of carbonyl (C=O) groups is 1. The average molecular weight is 274 g/mol. The molecule has 0 spiro atoms. The minimum absolute atomic E-state index is 0.0896. The van der Waals surface area contributed by atoms with E-state index in [1.165, 1.54) is 5.56 Å². The van der Waals surface area contributed by atoms with E-state index in [9.17, 15) is 4.79 Å². The molecule has 0 aliphatic carbocycles. The Balaban J connectivity index is 1.76. The third kappa shape index (κ3) is 2.66. The Kier molecular flexibility index (Phi) is 3.92. The summed E-state index contributed by atoms with van der Waals surface area (Å²) in [5.41, 5.74) is 3.08. The van der Waals surface area contributed by atoms with Gasteiger partial charge in [-0.2, -0.15) is 0 Å². The highest BCUT2D eigenvalue weighted by molar-refractivity contribution is 6.00. The molecule has 4 nitrogen and oxygen atoms in total. The van der Waals surface area contributed by atoms with Crippen LogP contribution < -0.4 is 5.32 Å². The van der Waals surface area contributed by atoms with Crippen molar-refractivity contribution in [3.63, 3.8) is 0 Å². The fourth-order valence-corrected chi connectivity index (χ4v) is 3.07. The Bertz CT molecular complexity index is 495. The number of ether oxygens (including phenoxy) is 1. The standard InChI is InChI=1S/C16H22N2O2/c1-18(11-13-7-4-10-20-13)16(19)14-8-2-5-12-6-3-9-17-15(12)14/h2,5,8,13,17H,3-4,6-7,9-11H2,1H3. The van der Waals surface area contributed by atoms with Crippen molar-refractivity contribution in [2.24, 2.45) is 0 Å². The van der Waals surface area contributed by atoms with E-state index in [0.29, 0.717) is 6.54 Å². The molecule has 2 heterocycles. The van der Waals surface area contributed by atoms with E-state index in [1.54, 1.807) is 4.90 Å². The molecular formula is C16H22N2O2. The van der Waals surface area contributed by atoms with Crippen LogP contribution in [0.1, 0.15) is 35.2 Å². The Morgan fingerprint density at radius 1 is 1.45 bits per heavy atom. The van der Waals surface area contributed by atoms with E-state index in [1.807, 2.05) is 19.2 Å². The van der Waals surface area contributed by atoms with Gasteiger partial charge in [-0.05, 0) is 37.3 Å². The number of nitrogens with one attached hydrogen (secondary N) is 1. The Morgan fingerprint density at radius 2 is 2.35 bits per heavy atom. The minimum Gasteiger partial charge on any atom is -0.384 e. The van der Waals surface area contributed by atoms with Crippen LogP contribution in [-0.2, 0) is 11.2 Å². The molecule has 1 unspecified atom stereocenters. The van der Waals surface area contributed by atoms with E-state index in [-0.39, 0.29) is 12.0 Å². The number of carbonyl (C=O) groups excluding carboxylic acids is 1. The Hall–Kier alpha value is -1.55. The summed E-state index contributed by atoms with van der Waals surface area (Å²) in [5.74, 6) is 0.0896. The molecule has 0 aromatic heterocycles. The number of rotatable bonds is 3. The molecule has 4 heteroatoms. The zero-order valence-electron chi connectivity index (χ0n) is 12.0. The van der Waals surface area contributed by atoms with Crippen LogP contribution in [-0.4, -0.2) is 43.7 Å². The molecule has 108 valence electrons. The van der Waals surface area contributed by atoms with Crippen LogP contribution in [0.25, 0.3) is 0 Å². The second-order valence-electron chi connectivity index (χ2n) is 5.69. The summed E-state index contributed by atoms with van der Waals surface area (Å²) in [5, 5.41) is 3.38. The number of anilines is 1. The van der Waals surface area contributed by atoms with Crippen molar-refractivity contribution in [1.29, 1.82) is 0 Å². The number of fused-ring (bicyclic) bond motifs is 1. The molecule has 2 aliphatic rings. The second kappa shape index (κ2) is 5.83. The van der Waals surface area contributed by atoms with Gasteiger partial charge in [0.25, 0.3) is 5.91 Å². The highest BCUT2D eigenvalue weighted by Gasteiger charge is 2.23. The molecule has 1 aromatic carbocycles. The van der Waals surface area contributed by atoms with Gasteiger partial charge >= 0.3 is 0 Å². The molecule has 0 bridgehead atoms. The quantitative estimate of drug-likeness (QED) is 0.919. The van der Waals surface area contributed by atoms with E-state index in [4.69, 9.17) is 4.74 Å². The fourth-order valence-electron chi connectivity index (χ4n) is 3.07. The van der Waals surface area contributed by atoms with Crippen molar-refractivity contribution in [2.75, 3.05) is 32.1 Å². The smallest absolute Gasteiger partial charge is 0.255 e. The Morgan fingerprint density at radius 3 is 3.15 bits per heavy atom. The van der Waals surface area contributed by atoms with Gasteiger partial charge in [-0.1, -0.05) is 12.1 Å². The highest BCUT2D eigenvalue weighted by atomic mass is 16.5. The third-order valence-corrected chi connectivity index (χ3v) is 4.15. The monoisotopic (exact) mass is 274 g/mol. The van der Waals surface area contributed by atoms with Crippen LogP contribution >= 0.6 is 0 Å². The van der Waals surface area contributed by atoms with E-state index < -0.39 is 0 Å². The summed E-state index contributed by atoms with van der Waals surface area (Å²) in [7, 11) is 1.87. The molecule has 3 rings (SSSR count). The topological polar surface area (TPSA) is 41.6 Å². The number of hydrogen-bond donors (Lipinski definition) is 1. The fraction of sp³-hybridized carbons (Fsp3) is 0.562. The summed E-state index contributed by atoms with van der Waals surface area (Å²) in [6.07, 6.45) is 4.56. The first kappa shape index (κ1) is 13.4. The van der Waals surface area contributed by atoms with Crippen molar-refractivity contribution >= 4 is 11.6 Å². The Labute approximate surface area is 120 Å². The molecule has 1 N–H and O–H groups in total. The van der Waals surface area contributed by atoms with Gasteiger partial charge in [0.2, 0.25) is 0 Å². The van der Waals surface area contributed by atoms with Crippen molar-refractivity contribution in [2.45, 2.75) is 31.8 Å². The lowest BCUT2D eigenvalue weighted by atomic mass is 9.99. The predicted octanol–water partition coefficient (Wildman–Crippen LogP) is 2.30. The van der Waals surface area contributed by atoms with Crippen LogP contribution in [0.3, 0.4) is 0 Å². The maximum absolute atomic E-state index is 12.6. The molecular weight excluding hydrogens is 252 g/mol. The summed E-state index contributed by atoms with van der Waals surface area (Å²) >= 11 is 0. The zero-order valence-corrected chi connectivity index (χ0v) is 12.0. The number of likely N-dealkylation sites (N-methyl/N-ethyl adjacent to an activating group) is 1. The number of amides is 1. The molecule has 0 radical (unpaired) electrons. The van der Waals surface area contributed by atoms with Gasteiger partial charge in [-0.25, -0.2) is 0 Å². The summed E-state index contributed by atoms with van der Waals surface area (Å²) in [6, 6.07) is 6.02. The van der Waals surface area contributed by atoms with Crippen LogP contribution in [0.2, 0.25) is 0 Å². The third-order valence-electron chi connectivity index (χ3n) is 4.15. The molecule has 1 amide bonds. The molecule has 1 aromatic rings. The lowest BCUT2D eigenvalue weighted by molar-refractivity contribution is 0.0587. The first-order valence-electron chi connectivity index (χ1n) is 7.48. The first-order chi connectivity index (χ1) is 9.75. The number of hydrogen-bond acceptors (Lipinski definition) is 3. The van der Waals surface area contributed by atoms with Gasteiger partial charge in [0.05, 0.1) is 17.4 Å². The lowest BCUT2D eigenvalue weighted by Crippen LogP contribution is -2.34. The molecule has 1 fully saturated rings. The van der Waals surface area contributed by atoms with Gasteiger partial charge in [-0.3, -0.25) is 4.79 Å². The molecule has 2 aliphatic heterocycles.